The van der Waals surface area contributed by atoms with E-state index in [1.807, 2.05) is 24.9 Å². The maximum atomic E-state index is 4.21. The summed E-state index contributed by atoms with van der Waals surface area (Å²) < 4.78 is 0. The lowest BCUT2D eigenvalue weighted by atomic mass is 10.2. The summed E-state index contributed by atoms with van der Waals surface area (Å²) in [6, 6.07) is 10.4. The Bertz CT molecular complexity index is 338. The lowest BCUT2D eigenvalue weighted by Crippen LogP contribution is -2.37. The van der Waals surface area contributed by atoms with Gasteiger partial charge in [0.15, 0.2) is 5.96 Å². The fraction of sp³-hybridized carbons (Fsp3) is 0.500. The van der Waals surface area contributed by atoms with Crippen LogP contribution in [0, 0.1) is 0 Å². The molecule has 18 heavy (non-hydrogen) atoms. The molecule has 1 rings (SSSR count). The van der Waals surface area contributed by atoms with Crippen molar-refractivity contribution in [3.8, 4) is 0 Å². The predicted octanol–water partition coefficient (Wildman–Crippen LogP) is 2.49. The van der Waals surface area contributed by atoms with E-state index < -0.39 is 0 Å². The van der Waals surface area contributed by atoms with Gasteiger partial charge in [-0.05, 0) is 30.4 Å². The van der Waals surface area contributed by atoms with Crippen LogP contribution in [-0.4, -0.2) is 31.6 Å². The average molecular weight is 265 g/mol. The van der Waals surface area contributed by atoms with Crippen molar-refractivity contribution >= 4 is 17.7 Å². The lowest BCUT2D eigenvalue weighted by molar-refractivity contribution is 0.733. The molecule has 2 N–H and O–H groups in total. The molecule has 4 heteroatoms. The van der Waals surface area contributed by atoms with E-state index in [2.05, 4.69) is 46.1 Å². The van der Waals surface area contributed by atoms with E-state index >= 15 is 0 Å². The van der Waals surface area contributed by atoms with Gasteiger partial charge in [0, 0.05) is 20.1 Å². The van der Waals surface area contributed by atoms with Crippen molar-refractivity contribution in [1.82, 2.24) is 10.6 Å². The zero-order valence-electron chi connectivity index (χ0n) is 11.3. The summed E-state index contributed by atoms with van der Waals surface area (Å²) in [4.78, 5) is 4.21. The van der Waals surface area contributed by atoms with Gasteiger partial charge in [0.05, 0.1) is 0 Å². The van der Waals surface area contributed by atoms with Crippen molar-refractivity contribution in [2.75, 3.05) is 25.6 Å². The highest BCUT2D eigenvalue weighted by Gasteiger charge is 1.97. The standard InChI is InChI=1S/C14H23N3S/c1-15-14(16-10-6-7-11-18-2)17-12-13-8-4-3-5-9-13/h3-5,8-9H,6-7,10-12H2,1-2H3,(H2,15,16,17). The summed E-state index contributed by atoms with van der Waals surface area (Å²) in [7, 11) is 1.81. The number of thioether (sulfide) groups is 1. The van der Waals surface area contributed by atoms with Crippen LogP contribution in [0.4, 0.5) is 0 Å². The SMILES string of the molecule is CN=C(NCCCCSC)NCc1ccccc1. The molecule has 0 bridgehead atoms. The molecule has 0 unspecified atom stereocenters. The molecule has 0 fully saturated rings. The van der Waals surface area contributed by atoms with Crippen LogP contribution in [0.2, 0.25) is 0 Å². The maximum Gasteiger partial charge on any atom is 0.191 e. The Morgan fingerprint density at radius 1 is 1.17 bits per heavy atom. The Labute approximate surface area is 114 Å². The molecule has 0 heterocycles. The highest BCUT2D eigenvalue weighted by atomic mass is 32.2. The predicted molar refractivity (Wildman–Crippen MR) is 82.3 cm³/mol. The van der Waals surface area contributed by atoms with Gasteiger partial charge < -0.3 is 10.6 Å². The van der Waals surface area contributed by atoms with Crippen LogP contribution in [0.15, 0.2) is 35.3 Å². The number of nitrogens with one attached hydrogen (secondary N) is 2. The van der Waals surface area contributed by atoms with E-state index in [1.165, 1.54) is 24.2 Å². The molecule has 0 spiro atoms. The molecule has 0 saturated heterocycles. The molecule has 0 aliphatic heterocycles. The Morgan fingerprint density at radius 2 is 1.94 bits per heavy atom. The molecule has 100 valence electrons. The topological polar surface area (TPSA) is 36.4 Å². The van der Waals surface area contributed by atoms with Crippen LogP contribution >= 0.6 is 11.8 Å². The molecular formula is C14H23N3S. The van der Waals surface area contributed by atoms with Gasteiger partial charge >= 0.3 is 0 Å². The monoisotopic (exact) mass is 265 g/mol. The van der Waals surface area contributed by atoms with E-state index in [1.54, 1.807) is 0 Å². The number of hydrogen-bond acceptors (Lipinski definition) is 2. The maximum absolute atomic E-state index is 4.21. The minimum atomic E-state index is 0.811. The first-order valence-corrected chi connectivity index (χ1v) is 7.73. The van der Waals surface area contributed by atoms with E-state index in [4.69, 9.17) is 0 Å². The largest absolute Gasteiger partial charge is 0.356 e. The zero-order chi connectivity index (χ0) is 13.1. The normalized spacial score (nSPS) is 11.3. The summed E-state index contributed by atoms with van der Waals surface area (Å²) in [6.07, 6.45) is 4.59. The number of hydrogen-bond donors (Lipinski definition) is 2. The molecular weight excluding hydrogens is 242 g/mol. The van der Waals surface area contributed by atoms with Crippen LogP contribution < -0.4 is 10.6 Å². The summed E-state index contributed by atoms with van der Waals surface area (Å²) in [5.41, 5.74) is 1.27. The van der Waals surface area contributed by atoms with Gasteiger partial charge in [0.25, 0.3) is 0 Å². The second kappa shape index (κ2) is 9.83. The number of benzene rings is 1. The van der Waals surface area contributed by atoms with Crippen LogP contribution in [0.3, 0.4) is 0 Å². The van der Waals surface area contributed by atoms with E-state index in [0.717, 1.165) is 19.0 Å². The van der Waals surface area contributed by atoms with Gasteiger partial charge in [-0.1, -0.05) is 30.3 Å². The second-order valence-corrected chi connectivity index (χ2v) is 5.02. The molecule has 0 aliphatic carbocycles. The number of rotatable bonds is 7. The number of unbranched alkanes of at least 4 members (excludes halogenated alkanes) is 1. The number of guanidine groups is 1. The molecule has 0 aliphatic rings. The quantitative estimate of drug-likeness (QED) is 0.452. The van der Waals surface area contributed by atoms with Gasteiger partial charge in [0.1, 0.15) is 0 Å². The summed E-state index contributed by atoms with van der Waals surface area (Å²) >= 11 is 1.90. The van der Waals surface area contributed by atoms with Gasteiger partial charge in [-0.2, -0.15) is 11.8 Å². The summed E-state index contributed by atoms with van der Waals surface area (Å²) in [5.74, 6) is 2.11. The molecule has 0 radical (unpaired) electrons. The van der Waals surface area contributed by atoms with Gasteiger partial charge in [-0.3, -0.25) is 4.99 Å². The molecule has 0 saturated carbocycles. The van der Waals surface area contributed by atoms with E-state index in [-0.39, 0.29) is 0 Å². The molecule has 3 nitrogen and oxygen atoms in total. The third-order valence-corrected chi connectivity index (χ3v) is 3.29. The minimum Gasteiger partial charge on any atom is -0.356 e. The third kappa shape index (κ3) is 6.55. The van der Waals surface area contributed by atoms with E-state index in [9.17, 15) is 0 Å². The Balaban J connectivity index is 2.18. The Kier molecular flexibility index (Phi) is 8.13. The summed E-state index contributed by atoms with van der Waals surface area (Å²) in [5, 5.41) is 6.64. The van der Waals surface area contributed by atoms with Crippen molar-refractivity contribution < 1.29 is 0 Å². The second-order valence-electron chi connectivity index (χ2n) is 4.04. The fourth-order valence-electron chi connectivity index (χ4n) is 1.58. The van der Waals surface area contributed by atoms with Crippen molar-refractivity contribution in [3.05, 3.63) is 35.9 Å². The van der Waals surface area contributed by atoms with Crippen molar-refractivity contribution in [2.45, 2.75) is 19.4 Å². The highest BCUT2D eigenvalue weighted by Crippen LogP contribution is 1.98. The molecule has 0 atom stereocenters. The highest BCUT2D eigenvalue weighted by molar-refractivity contribution is 7.98. The van der Waals surface area contributed by atoms with Crippen LogP contribution in [-0.2, 0) is 6.54 Å². The Morgan fingerprint density at radius 3 is 2.61 bits per heavy atom. The average Bonchev–Trinajstić information content (AvgIpc) is 2.43. The molecule has 0 amide bonds. The zero-order valence-corrected chi connectivity index (χ0v) is 12.1. The molecule has 1 aromatic rings. The van der Waals surface area contributed by atoms with Crippen molar-refractivity contribution in [1.29, 1.82) is 0 Å². The lowest BCUT2D eigenvalue weighted by Gasteiger charge is -2.11. The number of nitrogens with zero attached hydrogens (tertiary/aromatic N) is 1. The van der Waals surface area contributed by atoms with Gasteiger partial charge in [0.2, 0.25) is 0 Å². The van der Waals surface area contributed by atoms with E-state index in [0.29, 0.717) is 0 Å². The Hall–Kier alpha value is -1.16. The molecule has 1 aromatic carbocycles. The van der Waals surface area contributed by atoms with Crippen LogP contribution in [0.5, 0.6) is 0 Å². The first kappa shape index (κ1) is 14.9. The molecule has 0 aromatic heterocycles. The van der Waals surface area contributed by atoms with Crippen LogP contribution in [0.25, 0.3) is 0 Å². The van der Waals surface area contributed by atoms with Crippen LogP contribution in [0.1, 0.15) is 18.4 Å². The summed E-state index contributed by atoms with van der Waals surface area (Å²) in [6.45, 7) is 1.79. The van der Waals surface area contributed by atoms with Gasteiger partial charge in [-0.25, -0.2) is 0 Å². The van der Waals surface area contributed by atoms with Crippen molar-refractivity contribution in [3.63, 3.8) is 0 Å². The van der Waals surface area contributed by atoms with Crippen molar-refractivity contribution in [2.24, 2.45) is 4.99 Å². The minimum absolute atomic E-state index is 0.811. The smallest absolute Gasteiger partial charge is 0.191 e. The third-order valence-electron chi connectivity index (χ3n) is 2.59. The van der Waals surface area contributed by atoms with Gasteiger partial charge in [-0.15, -0.1) is 0 Å². The first-order valence-electron chi connectivity index (χ1n) is 6.34. The first-order chi connectivity index (χ1) is 8.86. The number of aliphatic imine (C=N–C) groups is 1. The fourth-order valence-corrected chi connectivity index (χ4v) is 2.07.